The summed E-state index contributed by atoms with van der Waals surface area (Å²) >= 11 is 3.51. The van der Waals surface area contributed by atoms with Crippen molar-refractivity contribution in [3.63, 3.8) is 0 Å². The Morgan fingerprint density at radius 2 is 1.90 bits per heavy atom. The van der Waals surface area contributed by atoms with Gasteiger partial charge in [-0.2, -0.15) is 0 Å². The zero-order chi connectivity index (χ0) is 14.8. The van der Waals surface area contributed by atoms with Gasteiger partial charge in [0.2, 0.25) is 0 Å². The van der Waals surface area contributed by atoms with Gasteiger partial charge in [0.15, 0.2) is 11.5 Å². The molecule has 108 valence electrons. The van der Waals surface area contributed by atoms with Gasteiger partial charge >= 0.3 is 0 Å². The van der Waals surface area contributed by atoms with E-state index in [-0.39, 0.29) is 12.1 Å². The van der Waals surface area contributed by atoms with Crippen molar-refractivity contribution in [1.29, 1.82) is 0 Å². The summed E-state index contributed by atoms with van der Waals surface area (Å²) in [6.07, 6.45) is 1.99. The Balaban J connectivity index is 1.81. The summed E-state index contributed by atoms with van der Waals surface area (Å²) in [6.45, 7) is 4.26. The molecule has 5 heteroatoms. The number of pyridine rings is 1. The van der Waals surface area contributed by atoms with Crippen molar-refractivity contribution in [3.8, 4) is 0 Å². The van der Waals surface area contributed by atoms with Gasteiger partial charge < -0.3 is 5.32 Å². The van der Waals surface area contributed by atoms with Gasteiger partial charge in [0.1, 0.15) is 0 Å². The number of halogens is 1. The normalized spacial score (nSPS) is 14.2. The lowest BCUT2D eigenvalue weighted by atomic mass is 10.1. The molecule has 21 heavy (non-hydrogen) atoms. The van der Waals surface area contributed by atoms with Crippen LogP contribution in [0.4, 0.5) is 0 Å². The number of fused-ring (bicyclic) bond motifs is 1. The maximum atomic E-state index is 4.30. The van der Waals surface area contributed by atoms with Gasteiger partial charge in [-0.1, -0.05) is 34.1 Å². The standard InChI is InChI=1S/C16H17BrN4/c1-11(13-6-5-7-14(17)10-13)18-12(2)16-20-19-15-8-3-4-9-21(15)16/h3-12,18H,1-2H3. The number of hydrogen-bond donors (Lipinski definition) is 1. The van der Waals surface area contributed by atoms with E-state index in [0.29, 0.717) is 0 Å². The maximum absolute atomic E-state index is 4.30. The van der Waals surface area contributed by atoms with Crippen molar-refractivity contribution in [2.45, 2.75) is 25.9 Å². The van der Waals surface area contributed by atoms with E-state index >= 15 is 0 Å². The monoisotopic (exact) mass is 344 g/mol. The molecule has 1 aromatic carbocycles. The fraction of sp³-hybridized carbons (Fsp3) is 0.250. The second-order valence-electron chi connectivity index (χ2n) is 5.15. The molecule has 2 atom stereocenters. The van der Waals surface area contributed by atoms with Crippen molar-refractivity contribution in [1.82, 2.24) is 19.9 Å². The summed E-state index contributed by atoms with van der Waals surface area (Å²) < 4.78 is 3.11. The van der Waals surface area contributed by atoms with Crippen molar-refractivity contribution in [2.24, 2.45) is 0 Å². The molecule has 0 radical (unpaired) electrons. The molecule has 0 amide bonds. The number of nitrogens with zero attached hydrogens (tertiary/aromatic N) is 3. The third kappa shape index (κ3) is 2.99. The average molecular weight is 345 g/mol. The largest absolute Gasteiger partial charge is 0.301 e. The van der Waals surface area contributed by atoms with Crippen LogP contribution in [-0.4, -0.2) is 14.6 Å². The Kier molecular flexibility index (Phi) is 4.03. The highest BCUT2D eigenvalue weighted by Crippen LogP contribution is 2.21. The molecule has 0 saturated heterocycles. The lowest BCUT2D eigenvalue weighted by molar-refractivity contribution is 0.473. The maximum Gasteiger partial charge on any atom is 0.160 e. The molecule has 0 bridgehead atoms. The predicted octanol–water partition coefficient (Wildman–Crippen LogP) is 3.90. The van der Waals surface area contributed by atoms with E-state index in [9.17, 15) is 0 Å². The van der Waals surface area contributed by atoms with Crippen molar-refractivity contribution < 1.29 is 0 Å². The highest BCUT2D eigenvalue weighted by Gasteiger charge is 2.16. The fourth-order valence-electron chi connectivity index (χ4n) is 2.48. The number of nitrogens with one attached hydrogen (secondary N) is 1. The summed E-state index contributed by atoms with van der Waals surface area (Å²) in [7, 11) is 0. The van der Waals surface area contributed by atoms with E-state index in [1.165, 1.54) is 5.56 Å². The zero-order valence-corrected chi connectivity index (χ0v) is 13.6. The van der Waals surface area contributed by atoms with Crippen LogP contribution >= 0.6 is 15.9 Å². The Hall–Kier alpha value is -1.72. The van der Waals surface area contributed by atoms with Crippen LogP contribution in [0.1, 0.15) is 37.3 Å². The number of hydrogen-bond acceptors (Lipinski definition) is 3. The smallest absolute Gasteiger partial charge is 0.160 e. The molecular formula is C16H17BrN4. The van der Waals surface area contributed by atoms with Gasteiger partial charge in [0.05, 0.1) is 6.04 Å². The first kappa shape index (κ1) is 14.2. The van der Waals surface area contributed by atoms with E-state index in [1.807, 2.05) is 34.9 Å². The predicted molar refractivity (Wildman–Crippen MR) is 87.1 cm³/mol. The summed E-state index contributed by atoms with van der Waals surface area (Å²) in [5.74, 6) is 0.924. The van der Waals surface area contributed by atoms with E-state index in [2.05, 4.69) is 63.5 Å². The Morgan fingerprint density at radius 1 is 1.05 bits per heavy atom. The summed E-state index contributed by atoms with van der Waals surface area (Å²) in [4.78, 5) is 0. The van der Waals surface area contributed by atoms with E-state index < -0.39 is 0 Å². The molecule has 2 unspecified atom stereocenters. The van der Waals surface area contributed by atoms with Crippen LogP contribution in [0.5, 0.6) is 0 Å². The second kappa shape index (κ2) is 5.95. The van der Waals surface area contributed by atoms with Gasteiger partial charge in [0, 0.05) is 16.7 Å². The molecule has 1 N–H and O–H groups in total. The number of rotatable bonds is 4. The van der Waals surface area contributed by atoms with Crippen LogP contribution in [0.2, 0.25) is 0 Å². The molecular weight excluding hydrogens is 328 g/mol. The quantitative estimate of drug-likeness (QED) is 0.780. The van der Waals surface area contributed by atoms with Crippen LogP contribution in [0.3, 0.4) is 0 Å². The number of benzene rings is 1. The first-order valence-corrected chi connectivity index (χ1v) is 7.75. The third-order valence-electron chi connectivity index (χ3n) is 3.58. The molecule has 3 rings (SSSR count). The summed E-state index contributed by atoms with van der Waals surface area (Å²) in [6, 6.07) is 14.6. The lowest BCUT2D eigenvalue weighted by Gasteiger charge is -2.19. The molecule has 0 aliphatic carbocycles. The SMILES string of the molecule is CC(NC(C)c1nnc2ccccn12)c1cccc(Br)c1. The summed E-state index contributed by atoms with van der Waals surface area (Å²) in [5, 5.41) is 12.1. The number of aromatic nitrogens is 3. The average Bonchev–Trinajstić information content (AvgIpc) is 2.91. The van der Waals surface area contributed by atoms with Gasteiger partial charge in [-0.05, 0) is 43.7 Å². The Labute approximate surface area is 132 Å². The molecule has 0 spiro atoms. The molecule has 2 heterocycles. The van der Waals surface area contributed by atoms with E-state index in [0.717, 1.165) is 15.9 Å². The van der Waals surface area contributed by atoms with E-state index in [1.54, 1.807) is 0 Å². The van der Waals surface area contributed by atoms with Crippen LogP contribution in [0, 0.1) is 0 Å². The molecule has 0 fully saturated rings. The van der Waals surface area contributed by atoms with Gasteiger partial charge in [0.25, 0.3) is 0 Å². The van der Waals surface area contributed by atoms with Crippen LogP contribution in [0.15, 0.2) is 53.1 Å². The van der Waals surface area contributed by atoms with Gasteiger partial charge in [-0.15, -0.1) is 10.2 Å². The van der Waals surface area contributed by atoms with Crippen LogP contribution in [-0.2, 0) is 0 Å². The van der Waals surface area contributed by atoms with Crippen molar-refractivity contribution >= 4 is 21.6 Å². The first-order chi connectivity index (χ1) is 10.1. The van der Waals surface area contributed by atoms with Crippen molar-refractivity contribution in [2.75, 3.05) is 0 Å². The third-order valence-corrected chi connectivity index (χ3v) is 4.07. The minimum absolute atomic E-state index is 0.108. The molecule has 4 nitrogen and oxygen atoms in total. The topological polar surface area (TPSA) is 42.2 Å². The van der Waals surface area contributed by atoms with Crippen LogP contribution < -0.4 is 5.32 Å². The highest BCUT2D eigenvalue weighted by atomic mass is 79.9. The lowest BCUT2D eigenvalue weighted by Crippen LogP contribution is -2.24. The van der Waals surface area contributed by atoms with Gasteiger partial charge in [-0.25, -0.2) is 0 Å². The second-order valence-corrected chi connectivity index (χ2v) is 6.07. The highest BCUT2D eigenvalue weighted by molar-refractivity contribution is 9.10. The van der Waals surface area contributed by atoms with Crippen LogP contribution in [0.25, 0.3) is 5.65 Å². The Bertz CT molecular complexity index is 753. The molecule has 3 aromatic rings. The zero-order valence-electron chi connectivity index (χ0n) is 12.0. The van der Waals surface area contributed by atoms with Crippen molar-refractivity contribution in [3.05, 3.63) is 64.5 Å². The Morgan fingerprint density at radius 3 is 2.71 bits per heavy atom. The first-order valence-electron chi connectivity index (χ1n) is 6.96. The van der Waals surface area contributed by atoms with Gasteiger partial charge in [-0.3, -0.25) is 4.40 Å². The molecule has 0 aliphatic rings. The molecule has 2 aromatic heterocycles. The minimum Gasteiger partial charge on any atom is -0.301 e. The molecule has 0 saturated carbocycles. The molecule has 0 aliphatic heterocycles. The van der Waals surface area contributed by atoms with E-state index in [4.69, 9.17) is 0 Å². The fourth-order valence-corrected chi connectivity index (χ4v) is 2.89. The summed E-state index contributed by atoms with van der Waals surface area (Å²) in [5.41, 5.74) is 2.11. The minimum atomic E-state index is 0.108.